The molecule has 2 rings (SSSR count). The maximum Gasteiger partial charge on any atom is 0.309 e. The second kappa shape index (κ2) is 7.26. The van der Waals surface area contributed by atoms with E-state index in [1.54, 1.807) is 5.38 Å². The monoisotopic (exact) mass is 320 g/mol. The van der Waals surface area contributed by atoms with Gasteiger partial charge in [0.15, 0.2) is 5.13 Å². The highest BCUT2D eigenvalue weighted by atomic mass is 32.1. The van der Waals surface area contributed by atoms with Gasteiger partial charge in [-0.25, -0.2) is 4.98 Å². The van der Waals surface area contributed by atoms with Crippen molar-refractivity contribution < 1.29 is 14.6 Å². The van der Waals surface area contributed by atoms with Crippen molar-refractivity contribution in [1.29, 1.82) is 0 Å². The number of hydrogen-bond acceptors (Lipinski definition) is 5. The average Bonchev–Trinajstić information content (AvgIpc) is 2.86. The zero-order valence-electron chi connectivity index (χ0n) is 13.0. The van der Waals surface area contributed by atoms with Gasteiger partial charge >= 0.3 is 5.97 Å². The fourth-order valence-corrected chi connectivity index (χ4v) is 2.83. The summed E-state index contributed by atoms with van der Waals surface area (Å²) in [5, 5.41) is 14.3. The van der Waals surface area contributed by atoms with Crippen LogP contribution in [0.2, 0.25) is 0 Å². The highest BCUT2D eigenvalue weighted by Gasteiger charge is 2.06. The number of thiazole rings is 1. The molecule has 0 amide bonds. The molecule has 1 aromatic heterocycles. The SMILES string of the molecule is Cc1cc(C)c(C)c(OCCNc2nc(CC(=O)O)cs2)c1. The lowest BCUT2D eigenvalue weighted by Gasteiger charge is -2.12. The quantitative estimate of drug-likeness (QED) is 0.767. The summed E-state index contributed by atoms with van der Waals surface area (Å²) in [6, 6.07) is 4.18. The van der Waals surface area contributed by atoms with Crippen molar-refractivity contribution in [1.82, 2.24) is 4.98 Å². The van der Waals surface area contributed by atoms with Gasteiger partial charge in [0.25, 0.3) is 0 Å². The van der Waals surface area contributed by atoms with Crippen molar-refractivity contribution in [2.45, 2.75) is 27.2 Å². The zero-order chi connectivity index (χ0) is 16.1. The molecule has 6 heteroatoms. The molecule has 0 unspecified atom stereocenters. The zero-order valence-corrected chi connectivity index (χ0v) is 13.8. The highest BCUT2D eigenvalue weighted by Crippen LogP contribution is 2.23. The molecule has 2 N–H and O–H groups in total. The van der Waals surface area contributed by atoms with Crippen LogP contribution in [0.5, 0.6) is 5.75 Å². The molecule has 0 saturated carbocycles. The second-order valence-electron chi connectivity index (χ2n) is 5.19. The van der Waals surface area contributed by atoms with E-state index in [0.717, 1.165) is 16.4 Å². The van der Waals surface area contributed by atoms with E-state index in [2.05, 4.69) is 37.1 Å². The molecule has 5 nitrogen and oxygen atoms in total. The summed E-state index contributed by atoms with van der Waals surface area (Å²) in [6.45, 7) is 7.32. The van der Waals surface area contributed by atoms with E-state index in [0.29, 0.717) is 18.8 Å². The summed E-state index contributed by atoms with van der Waals surface area (Å²) >= 11 is 1.40. The van der Waals surface area contributed by atoms with Crippen LogP contribution in [-0.2, 0) is 11.2 Å². The van der Waals surface area contributed by atoms with Crippen LogP contribution in [0.1, 0.15) is 22.4 Å². The fourth-order valence-electron chi connectivity index (χ4n) is 2.09. The molecule has 1 aromatic carbocycles. The Morgan fingerprint density at radius 2 is 2.14 bits per heavy atom. The van der Waals surface area contributed by atoms with E-state index < -0.39 is 5.97 Å². The number of rotatable bonds is 7. The van der Waals surface area contributed by atoms with Crippen LogP contribution in [0.4, 0.5) is 5.13 Å². The summed E-state index contributed by atoms with van der Waals surface area (Å²) in [4.78, 5) is 14.8. The lowest BCUT2D eigenvalue weighted by Crippen LogP contribution is -2.12. The van der Waals surface area contributed by atoms with E-state index in [1.165, 1.54) is 22.5 Å². The maximum atomic E-state index is 10.6. The Kier molecular flexibility index (Phi) is 5.38. The molecule has 118 valence electrons. The number of anilines is 1. The average molecular weight is 320 g/mol. The topological polar surface area (TPSA) is 71.5 Å². The van der Waals surface area contributed by atoms with Gasteiger partial charge < -0.3 is 15.2 Å². The third-order valence-corrected chi connectivity index (χ3v) is 4.13. The van der Waals surface area contributed by atoms with Gasteiger partial charge in [-0.05, 0) is 43.5 Å². The first-order valence-electron chi connectivity index (χ1n) is 7.06. The van der Waals surface area contributed by atoms with Crippen LogP contribution in [0, 0.1) is 20.8 Å². The molecule has 0 saturated heterocycles. The molecule has 2 aromatic rings. The van der Waals surface area contributed by atoms with E-state index in [9.17, 15) is 4.79 Å². The number of carboxylic acid groups (broad SMARTS) is 1. The van der Waals surface area contributed by atoms with Crippen LogP contribution < -0.4 is 10.1 Å². The molecule has 0 fully saturated rings. The van der Waals surface area contributed by atoms with Crippen LogP contribution >= 0.6 is 11.3 Å². The molecule has 0 radical (unpaired) electrons. The summed E-state index contributed by atoms with van der Waals surface area (Å²) in [6.07, 6.45) is -0.0452. The summed E-state index contributed by atoms with van der Waals surface area (Å²) in [5.74, 6) is 0.0375. The molecule has 0 bridgehead atoms. The van der Waals surface area contributed by atoms with Crippen LogP contribution in [-0.4, -0.2) is 29.2 Å². The number of nitrogens with one attached hydrogen (secondary N) is 1. The number of aliphatic carboxylic acids is 1. The first kappa shape index (κ1) is 16.3. The Balaban J connectivity index is 1.82. The van der Waals surface area contributed by atoms with E-state index in [4.69, 9.17) is 9.84 Å². The standard InChI is InChI=1S/C16H20N2O3S/c1-10-6-11(2)12(3)14(7-10)21-5-4-17-16-18-13(9-22-16)8-15(19)20/h6-7,9H,4-5,8H2,1-3H3,(H,17,18)(H,19,20). The van der Waals surface area contributed by atoms with Crippen LogP contribution in [0.25, 0.3) is 0 Å². The Morgan fingerprint density at radius 3 is 2.86 bits per heavy atom. The van der Waals surface area contributed by atoms with Gasteiger partial charge in [0.2, 0.25) is 0 Å². The van der Waals surface area contributed by atoms with E-state index in [-0.39, 0.29) is 6.42 Å². The highest BCUT2D eigenvalue weighted by molar-refractivity contribution is 7.13. The number of benzene rings is 1. The number of carboxylic acids is 1. The van der Waals surface area contributed by atoms with E-state index >= 15 is 0 Å². The number of aromatic nitrogens is 1. The van der Waals surface area contributed by atoms with Gasteiger partial charge in [0, 0.05) is 5.38 Å². The smallest absolute Gasteiger partial charge is 0.309 e. The number of ether oxygens (including phenoxy) is 1. The molecule has 0 spiro atoms. The van der Waals surface area contributed by atoms with Crippen LogP contribution in [0.3, 0.4) is 0 Å². The van der Waals surface area contributed by atoms with Gasteiger partial charge in [0.1, 0.15) is 12.4 Å². The molecular formula is C16H20N2O3S. The van der Waals surface area contributed by atoms with Crippen molar-refractivity contribution in [2.75, 3.05) is 18.5 Å². The Labute approximate surface area is 134 Å². The van der Waals surface area contributed by atoms with Gasteiger partial charge in [0.05, 0.1) is 18.7 Å². The number of carbonyl (C=O) groups is 1. The van der Waals surface area contributed by atoms with Gasteiger partial charge in [-0.3, -0.25) is 4.79 Å². The third kappa shape index (κ3) is 4.46. The molecule has 0 aliphatic rings. The summed E-state index contributed by atoms with van der Waals surface area (Å²) in [5.41, 5.74) is 4.14. The predicted molar refractivity (Wildman–Crippen MR) is 88.1 cm³/mol. The van der Waals surface area contributed by atoms with Crippen LogP contribution in [0.15, 0.2) is 17.5 Å². The first-order chi connectivity index (χ1) is 10.5. The lowest BCUT2D eigenvalue weighted by molar-refractivity contribution is -0.136. The molecule has 22 heavy (non-hydrogen) atoms. The first-order valence-corrected chi connectivity index (χ1v) is 7.94. The van der Waals surface area contributed by atoms with Crippen molar-refractivity contribution in [2.24, 2.45) is 0 Å². The van der Waals surface area contributed by atoms with Gasteiger partial charge in [-0.2, -0.15) is 0 Å². The van der Waals surface area contributed by atoms with Crippen molar-refractivity contribution in [3.8, 4) is 5.75 Å². The molecule has 0 aliphatic heterocycles. The van der Waals surface area contributed by atoms with Gasteiger partial charge in [-0.1, -0.05) is 6.07 Å². The van der Waals surface area contributed by atoms with E-state index in [1.807, 2.05) is 6.07 Å². The number of aryl methyl sites for hydroxylation is 2. The normalized spacial score (nSPS) is 10.5. The third-order valence-electron chi connectivity index (χ3n) is 3.28. The number of hydrogen-bond donors (Lipinski definition) is 2. The minimum atomic E-state index is -0.870. The van der Waals surface area contributed by atoms with Crippen molar-refractivity contribution in [3.63, 3.8) is 0 Å². The number of nitrogens with zero attached hydrogens (tertiary/aromatic N) is 1. The van der Waals surface area contributed by atoms with Crippen molar-refractivity contribution >= 4 is 22.4 Å². The fraction of sp³-hybridized carbons (Fsp3) is 0.375. The maximum absolute atomic E-state index is 10.6. The Bertz CT molecular complexity index is 667. The lowest BCUT2D eigenvalue weighted by atomic mass is 10.1. The minimum Gasteiger partial charge on any atom is -0.491 e. The molecule has 0 aliphatic carbocycles. The molecule has 0 atom stereocenters. The van der Waals surface area contributed by atoms with Gasteiger partial charge in [-0.15, -0.1) is 11.3 Å². The van der Waals surface area contributed by atoms with Crippen molar-refractivity contribution in [3.05, 3.63) is 39.9 Å². The molecular weight excluding hydrogens is 300 g/mol. The second-order valence-corrected chi connectivity index (χ2v) is 6.05. The Morgan fingerprint density at radius 1 is 1.36 bits per heavy atom. The summed E-state index contributed by atoms with van der Waals surface area (Å²) in [7, 11) is 0. The summed E-state index contributed by atoms with van der Waals surface area (Å²) < 4.78 is 5.81. The minimum absolute atomic E-state index is 0.0452. The Hall–Kier alpha value is -2.08. The molecule has 1 heterocycles. The predicted octanol–water partition coefficient (Wildman–Crippen LogP) is 3.19. The largest absolute Gasteiger partial charge is 0.491 e.